The topological polar surface area (TPSA) is 66.5 Å². The molecule has 1 fully saturated rings. The highest BCUT2D eigenvalue weighted by Crippen LogP contribution is 2.22. The number of imide groups is 1. The number of nitrogens with one attached hydrogen (secondary N) is 1. The molecule has 1 aromatic rings. The molecule has 2 rings (SSSR count). The molecule has 5 heteroatoms. The molecular weight excluding hydrogens is 280 g/mol. The second-order valence-corrected chi connectivity index (χ2v) is 5.51. The Balaban J connectivity index is 1.77. The van der Waals surface area contributed by atoms with Crippen molar-refractivity contribution in [3.05, 3.63) is 35.9 Å². The summed E-state index contributed by atoms with van der Waals surface area (Å²) in [5.74, 6) is -0.143. The molecule has 1 heterocycles. The SMILES string of the molecule is CCC(CC(=O)NCCN1C(=O)CCC1=O)c1ccccc1. The molecule has 1 atom stereocenters. The number of rotatable bonds is 7. The Kier molecular flexibility index (Phi) is 5.69. The van der Waals surface area contributed by atoms with Crippen LogP contribution in [0.1, 0.15) is 44.1 Å². The molecule has 1 saturated heterocycles. The number of carbonyl (C=O) groups excluding carboxylic acids is 3. The molecule has 1 N–H and O–H groups in total. The third-order valence-corrected chi connectivity index (χ3v) is 4.01. The average Bonchev–Trinajstić information content (AvgIpc) is 2.85. The number of amides is 3. The zero-order chi connectivity index (χ0) is 15.9. The molecule has 0 radical (unpaired) electrons. The summed E-state index contributed by atoms with van der Waals surface area (Å²) in [6.45, 7) is 2.65. The smallest absolute Gasteiger partial charge is 0.229 e. The Morgan fingerprint density at radius 3 is 2.41 bits per heavy atom. The lowest BCUT2D eigenvalue weighted by Gasteiger charge is -2.17. The van der Waals surface area contributed by atoms with Crippen molar-refractivity contribution in [2.45, 2.75) is 38.5 Å². The third-order valence-electron chi connectivity index (χ3n) is 4.01. The molecular formula is C17H22N2O3. The third kappa shape index (κ3) is 4.16. The van der Waals surface area contributed by atoms with E-state index < -0.39 is 0 Å². The summed E-state index contributed by atoms with van der Waals surface area (Å²) in [7, 11) is 0. The van der Waals surface area contributed by atoms with Gasteiger partial charge in [-0.15, -0.1) is 0 Å². The second-order valence-electron chi connectivity index (χ2n) is 5.51. The molecule has 5 nitrogen and oxygen atoms in total. The highest BCUT2D eigenvalue weighted by molar-refractivity contribution is 6.01. The summed E-state index contributed by atoms with van der Waals surface area (Å²) >= 11 is 0. The molecule has 0 bridgehead atoms. The molecule has 0 aliphatic carbocycles. The summed E-state index contributed by atoms with van der Waals surface area (Å²) in [6, 6.07) is 9.97. The van der Waals surface area contributed by atoms with Crippen LogP contribution < -0.4 is 5.32 Å². The second kappa shape index (κ2) is 7.73. The van der Waals surface area contributed by atoms with Crippen molar-refractivity contribution in [1.82, 2.24) is 10.2 Å². The van der Waals surface area contributed by atoms with Crippen LogP contribution in [-0.2, 0) is 14.4 Å². The molecule has 0 aromatic heterocycles. The number of nitrogens with zero attached hydrogens (tertiary/aromatic N) is 1. The van der Waals surface area contributed by atoms with Crippen LogP contribution in [0.2, 0.25) is 0 Å². The molecule has 1 aliphatic rings. The minimum Gasteiger partial charge on any atom is -0.354 e. The maximum absolute atomic E-state index is 12.0. The fourth-order valence-corrected chi connectivity index (χ4v) is 2.70. The molecule has 3 amide bonds. The summed E-state index contributed by atoms with van der Waals surface area (Å²) < 4.78 is 0. The maximum atomic E-state index is 12.0. The molecule has 118 valence electrons. The van der Waals surface area contributed by atoms with E-state index >= 15 is 0 Å². The van der Waals surface area contributed by atoms with E-state index in [9.17, 15) is 14.4 Å². The number of benzene rings is 1. The predicted octanol–water partition coefficient (Wildman–Crippen LogP) is 1.84. The predicted molar refractivity (Wildman–Crippen MR) is 83.1 cm³/mol. The largest absolute Gasteiger partial charge is 0.354 e. The van der Waals surface area contributed by atoms with Crippen LogP contribution in [0.25, 0.3) is 0 Å². The molecule has 1 aliphatic heterocycles. The van der Waals surface area contributed by atoms with E-state index in [2.05, 4.69) is 12.2 Å². The lowest BCUT2D eigenvalue weighted by molar-refractivity contribution is -0.138. The Hall–Kier alpha value is -2.17. The van der Waals surface area contributed by atoms with Crippen LogP contribution >= 0.6 is 0 Å². The van der Waals surface area contributed by atoms with Crippen LogP contribution in [0, 0.1) is 0 Å². The monoisotopic (exact) mass is 302 g/mol. The summed E-state index contributed by atoms with van der Waals surface area (Å²) in [5, 5.41) is 2.80. The van der Waals surface area contributed by atoms with E-state index in [1.165, 1.54) is 4.90 Å². The summed E-state index contributed by atoms with van der Waals surface area (Å²) in [5.41, 5.74) is 1.16. The normalized spacial score (nSPS) is 16.0. The van der Waals surface area contributed by atoms with Crippen molar-refractivity contribution in [3.63, 3.8) is 0 Å². The number of carbonyl (C=O) groups is 3. The van der Waals surface area contributed by atoms with E-state index in [0.717, 1.165) is 12.0 Å². The van der Waals surface area contributed by atoms with E-state index in [-0.39, 0.29) is 30.2 Å². The van der Waals surface area contributed by atoms with Crippen molar-refractivity contribution < 1.29 is 14.4 Å². The standard InChI is InChI=1S/C17H22N2O3/c1-2-13(14-6-4-3-5-7-14)12-15(20)18-10-11-19-16(21)8-9-17(19)22/h3-7,13H,2,8-12H2,1H3,(H,18,20). The van der Waals surface area contributed by atoms with Gasteiger partial charge in [0.2, 0.25) is 17.7 Å². The van der Waals surface area contributed by atoms with Crippen LogP contribution in [0.3, 0.4) is 0 Å². The van der Waals surface area contributed by atoms with Crippen molar-refractivity contribution in [3.8, 4) is 0 Å². The lowest BCUT2D eigenvalue weighted by atomic mass is 9.93. The number of hydrogen-bond acceptors (Lipinski definition) is 3. The molecule has 22 heavy (non-hydrogen) atoms. The van der Waals surface area contributed by atoms with Gasteiger partial charge in [-0.1, -0.05) is 37.3 Å². The van der Waals surface area contributed by atoms with Crippen molar-refractivity contribution >= 4 is 17.7 Å². The first-order valence-corrected chi connectivity index (χ1v) is 7.76. The highest BCUT2D eigenvalue weighted by atomic mass is 16.2. The van der Waals surface area contributed by atoms with Gasteiger partial charge in [0.1, 0.15) is 0 Å². The van der Waals surface area contributed by atoms with Gasteiger partial charge < -0.3 is 5.32 Å². The van der Waals surface area contributed by atoms with Crippen LogP contribution in [0.15, 0.2) is 30.3 Å². The van der Waals surface area contributed by atoms with Gasteiger partial charge in [-0.2, -0.15) is 0 Å². The average molecular weight is 302 g/mol. The number of likely N-dealkylation sites (tertiary alicyclic amines) is 1. The number of hydrogen-bond donors (Lipinski definition) is 1. The van der Waals surface area contributed by atoms with Crippen LogP contribution in [0.4, 0.5) is 0 Å². The van der Waals surface area contributed by atoms with Gasteiger partial charge in [0.15, 0.2) is 0 Å². The fraction of sp³-hybridized carbons (Fsp3) is 0.471. The van der Waals surface area contributed by atoms with Gasteiger partial charge in [-0.25, -0.2) is 0 Å². The Morgan fingerprint density at radius 2 is 1.82 bits per heavy atom. The molecule has 0 spiro atoms. The zero-order valence-electron chi connectivity index (χ0n) is 12.9. The Bertz CT molecular complexity index is 526. The van der Waals surface area contributed by atoms with Gasteiger partial charge in [0, 0.05) is 32.4 Å². The quantitative estimate of drug-likeness (QED) is 0.782. The van der Waals surface area contributed by atoms with Crippen LogP contribution in [-0.4, -0.2) is 35.7 Å². The molecule has 1 aromatic carbocycles. The Labute approximate surface area is 130 Å². The van der Waals surface area contributed by atoms with E-state index in [0.29, 0.717) is 25.8 Å². The highest BCUT2D eigenvalue weighted by Gasteiger charge is 2.28. The maximum Gasteiger partial charge on any atom is 0.229 e. The molecule has 1 unspecified atom stereocenters. The first kappa shape index (κ1) is 16.2. The van der Waals surface area contributed by atoms with Crippen molar-refractivity contribution in [2.24, 2.45) is 0 Å². The van der Waals surface area contributed by atoms with Gasteiger partial charge in [-0.05, 0) is 17.9 Å². The van der Waals surface area contributed by atoms with Gasteiger partial charge in [-0.3, -0.25) is 19.3 Å². The Morgan fingerprint density at radius 1 is 1.18 bits per heavy atom. The first-order chi connectivity index (χ1) is 10.6. The zero-order valence-corrected chi connectivity index (χ0v) is 12.9. The van der Waals surface area contributed by atoms with E-state index in [4.69, 9.17) is 0 Å². The van der Waals surface area contributed by atoms with Gasteiger partial charge in [0.25, 0.3) is 0 Å². The van der Waals surface area contributed by atoms with Crippen LogP contribution in [0.5, 0.6) is 0 Å². The van der Waals surface area contributed by atoms with Crippen molar-refractivity contribution in [1.29, 1.82) is 0 Å². The fourth-order valence-electron chi connectivity index (χ4n) is 2.70. The van der Waals surface area contributed by atoms with E-state index in [1.807, 2.05) is 30.3 Å². The summed E-state index contributed by atoms with van der Waals surface area (Å²) in [6.07, 6.45) is 1.89. The lowest BCUT2D eigenvalue weighted by Crippen LogP contribution is -2.38. The van der Waals surface area contributed by atoms with Crippen molar-refractivity contribution in [2.75, 3.05) is 13.1 Å². The van der Waals surface area contributed by atoms with Gasteiger partial charge in [0.05, 0.1) is 0 Å². The van der Waals surface area contributed by atoms with E-state index in [1.54, 1.807) is 0 Å². The minimum absolute atomic E-state index is 0.0465. The van der Waals surface area contributed by atoms with Gasteiger partial charge >= 0.3 is 0 Å². The molecule has 0 saturated carbocycles. The first-order valence-electron chi connectivity index (χ1n) is 7.76. The summed E-state index contributed by atoms with van der Waals surface area (Å²) in [4.78, 5) is 36.2. The minimum atomic E-state index is -0.144.